The van der Waals surface area contributed by atoms with Gasteiger partial charge in [-0.3, -0.25) is 14.4 Å². The molecule has 186 valence electrons. The number of carbonyl (C=O) groups is 1. The maximum absolute atomic E-state index is 12.5. The number of carbonyl (C=O) groups excluding carboxylic acids is 1. The van der Waals surface area contributed by atoms with Gasteiger partial charge in [-0.05, 0) is 63.2 Å². The number of hydrogen-bond donors (Lipinski definition) is 1. The van der Waals surface area contributed by atoms with Crippen molar-refractivity contribution in [2.75, 3.05) is 13.2 Å². The highest BCUT2D eigenvalue weighted by molar-refractivity contribution is 5.75. The second kappa shape index (κ2) is 10.8. The number of hydrogen-bond acceptors (Lipinski definition) is 7. The van der Waals surface area contributed by atoms with Crippen molar-refractivity contribution >= 4 is 5.91 Å². The molecule has 1 amide bonds. The molecule has 3 heterocycles. The SMILES string of the molecule is CCOc1ccc(-c2ccc(=O)n(CCNC(=O)Cn3nc(-n4nc(C)cc4C)ccc3=O)n2)cc1. The third-order valence-electron chi connectivity index (χ3n) is 5.35. The molecule has 0 bridgehead atoms. The third kappa shape index (κ3) is 5.74. The van der Waals surface area contributed by atoms with Gasteiger partial charge in [-0.25, -0.2) is 14.0 Å². The molecule has 4 aromatic rings. The normalized spacial score (nSPS) is 10.9. The summed E-state index contributed by atoms with van der Waals surface area (Å²) in [7, 11) is 0. The molecule has 36 heavy (non-hydrogen) atoms. The minimum atomic E-state index is -0.411. The first kappa shape index (κ1) is 24.6. The lowest BCUT2D eigenvalue weighted by atomic mass is 10.1. The van der Waals surface area contributed by atoms with E-state index in [-0.39, 0.29) is 25.2 Å². The van der Waals surface area contributed by atoms with E-state index in [1.54, 1.807) is 16.8 Å². The molecule has 0 aliphatic heterocycles. The Labute approximate surface area is 207 Å². The third-order valence-corrected chi connectivity index (χ3v) is 5.35. The molecule has 3 aromatic heterocycles. The molecule has 0 fully saturated rings. The Hall–Kier alpha value is -4.54. The van der Waals surface area contributed by atoms with Crippen molar-refractivity contribution in [1.29, 1.82) is 0 Å². The van der Waals surface area contributed by atoms with Crippen molar-refractivity contribution in [3.05, 3.63) is 86.7 Å². The Morgan fingerprint density at radius 3 is 2.33 bits per heavy atom. The van der Waals surface area contributed by atoms with Gasteiger partial charge in [0.25, 0.3) is 11.1 Å². The smallest absolute Gasteiger partial charge is 0.267 e. The summed E-state index contributed by atoms with van der Waals surface area (Å²) < 4.78 is 9.44. The predicted molar refractivity (Wildman–Crippen MR) is 133 cm³/mol. The van der Waals surface area contributed by atoms with Crippen LogP contribution in [0.5, 0.6) is 5.75 Å². The topological polar surface area (TPSA) is 126 Å². The molecule has 0 saturated carbocycles. The maximum Gasteiger partial charge on any atom is 0.267 e. The molecule has 0 unspecified atom stereocenters. The van der Waals surface area contributed by atoms with Crippen molar-refractivity contribution in [2.45, 2.75) is 33.9 Å². The van der Waals surface area contributed by atoms with Crippen LogP contribution in [0, 0.1) is 13.8 Å². The average molecular weight is 490 g/mol. The molecule has 1 aromatic carbocycles. The van der Waals surface area contributed by atoms with Crippen LogP contribution in [-0.2, 0) is 17.9 Å². The van der Waals surface area contributed by atoms with E-state index in [1.807, 2.05) is 51.1 Å². The van der Waals surface area contributed by atoms with E-state index in [9.17, 15) is 14.4 Å². The maximum atomic E-state index is 12.5. The van der Waals surface area contributed by atoms with E-state index in [0.717, 1.165) is 27.4 Å². The lowest BCUT2D eigenvalue weighted by Crippen LogP contribution is -2.36. The number of aryl methyl sites for hydroxylation is 2. The highest BCUT2D eigenvalue weighted by atomic mass is 16.5. The number of benzene rings is 1. The van der Waals surface area contributed by atoms with Crippen LogP contribution >= 0.6 is 0 Å². The summed E-state index contributed by atoms with van der Waals surface area (Å²) in [6.45, 7) is 6.30. The number of aromatic nitrogens is 6. The molecule has 0 atom stereocenters. The minimum Gasteiger partial charge on any atom is -0.494 e. The first-order valence-corrected chi connectivity index (χ1v) is 11.5. The molecular formula is C25H27N7O4. The number of nitrogens with one attached hydrogen (secondary N) is 1. The van der Waals surface area contributed by atoms with Gasteiger partial charge in [0.2, 0.25) is 5.91 Å². The van der Waals surface area contributed by atoms with Crippen molar-refractivity contribution in [1.82, 2.24) is 34.7 Å². The van der Waals surface area contributed by atoms with Gasteiger partial charge >= 0.3 is 0 Å². The second-order valence-electron chi connectivity index (χ2n) is 8.11. The summed E-state index contributed by atoms with van der Waals surface area (Å²) >= 11 is 0. The quantitative estimate of drug-likeness (QED) is 0.377. The van der Waals surface area contributed by atoms with Crippen molar-refractivity contribution in [2.24, 2.45) is 0 Å². The van der Waals surface area contributed by atoms with Gasteiger partial charge in [0.15, 0.2) is 5.82 Å². The minimum absolute atomic E-state index is 0.157. The molecular weight excluding hydrogens is 462 g/mol. The van der Waals surface area contributed by atoms with Gasteiger partial charge in [0.05, 0.1) is 24.5 Å². The Kier molecular flexibility index (Phi) is 7.38. The van der Waals surface area contributed by atoms with E-state index in [4.69, 9.17) is 4.74 Å². The van der Waals surface area contributed by atoms with Crippen LogP contribution in [0.2, 0.25) is 0 Å². The molecule has 0 radical (unpaired) electrons. The van der Waals surface area contributed by atoms with Crippen LogP contribution in [0.15, 0.2) is 64.2 Å². The Morgan fingerprint density at radius 2 is 1.64 bits per heavy atom. The van der Waals surface area contributed by atoms with Crippen LogP contribution in [0.25, 0.3) is 17.1 Å². The Balaban J connectivity index is 1.39. The van der Waals surface area contributed by atoms with E-state index in [2.05, 4.69) is 20.6 Å². The van der Waals surface area contributed by atoms with E-state index in [1.165, 1.54) is 16.8 Å². The standard InChI is InChI=1S/C25H27N7O4/c1-4-36-20-7-5-19(6-8-20)21-9-11-24(34)30(28-21)14-13-26-23(33)16-31-25(35)12-10-22(29-31)32-18(3)15-17(2)27-32/h5-12,15H,4,13-14,16H2,1-3H3,(H,26,33). The van der Waals surface area contributed by atoms with Crippen molar-refractivity contribution in [3.63, 3.8) is 0 Å². The van der Waals surface area contributed by atoms with E-state index in [0.29, 0.717) is 18.1 Å². The molecule has 4 rings (SSSR count). The molecule has 1 N–H and O–H groups in total. The summed E-state index contributed by atoms with van der Waals surface area (Å²) in [5.41, 5.74) is 2.45. The zero-order valence-corrected chi connectivity index (χ0v) is 20.3. The fourth-order valence-corrected chi connectivity index (χ4v) is 3.67. The van der Waals surface area contributed by atoms with E-state index < -0.39 is 11.5 Å². The first-order chi connectivity index (χ1) is 17.3. The van der Waals surface area contributed by atoms with E-state index >= 15 is 0 Å². The fraction of sp³-hybridized carbons (Fsp3) is 0.280. The molecule has 0 saturated heterocycles. The van der Waals surface area contributed by atoms with Crippen molar-refractivity contribution < 1.29 is 9.53 Å². The van der Waals surface area contributed by atoms with Gasteiger partial charge in [0.1, 0.15) is 12.3 Å². The van der Waals surface area contributed by atoms with Crippen LogP contribution in [0.4, 0.5) is 0 Å². The fourth-order valence-electron chi connectivity index (χ4n) is 3.67. The number of rotatable bonds is 9. The monoisotopic (exact) mass is 489 g/mol. The summed E-state index contributed by atoms with van der Waals surface area (Å²) in [4.78, 5) is 37.0. The van der Waals surface area contributed by atoms with Gasteiger partial charge in [-0.15, -0.1) is 5.10 Å². The van der Waals surface area contributed by atoms with Crippen LogP contribution in [-0.4, -0.2) is 48.4 Å². The Bertz CT molecular complexity index is 1490. The predicted octanol–water partition coefficient (Wildman–Crippen LogP) is 1.48. The second-order valence-corrected chi connectivity index (χ2v) is 8.11. The summed E-state index contributed by atoms with van der Waals surface area (Å²) in [5, 5.41) is 15.7. The molecule has 0 aliphatic rings. The highest BCUT2D eigenvalue weighted by Crippen LogP contribution is 2.19. The summed E-state index contributed by atoms with van der Waals surface area (Å²) in [5.74, 6) is 0.784. The largest absolute Gasteiger partial charge is 0.494 e. The van der Waals surface area contributed by atoms with Crippen LogP contribution in [0.1, 0.15) is 18.3 Å². The van der Waals surface area contributed by atoms with Crippen molar-refractivity contribution in [3.8, 4) is 22.8 Å². The molecule has 0 spiro atoms. The Morgan fingerprint density at radius 1 is 0.917 bits per heavy atom. The highest BCUT2D eigenvalue weighted by Gasteiger charge is 2.11. The van der Waals surface area contributed by atoms with Gasteiger partial charge in [-0.2, -0.15) is 10.2 Å². The zero-order chi connectivity index (χ0) is 25.7. The average Bonchev–Trinajstić information content (AvgIpc) is 3.20. The number of nitrogens with zero attached hydrogens (tertiary/aromatic N) is 6. The summed E-state index contributed by atoms with van der Waals surface area (Å²) in [6, 6.07) is 15.3. The first-order valence-electron chi connectivity index (χ1n) is 11.5. The van der Waals surface area contributed by atoms with Gasteiger partial charge < -0.3 is 10.1 Å². The molecule has 11 nitrogen and oxygen atoms in total. The molecule has 0 aliphatic carbocycles. The number of amides is 1. The lowest BCUT2D eigenvalue weighted by Gasteiger charge is -2.10. The molecule has 11 heteroatoms. The van der Waals surface area contributed by atoms with Gasteiger partial charge in [0, 0.05) is 29.9 Å². The number of ether oxygens (including phenoxy) is 1. The van der Waals surface area contributed by atoms with Gasteiger partial charge in [-0.1, -0.05) is 0 Å². The lowest BCUT2D eigenvalue weighted by molar-refractivity contribution is -0.121. The zero-order valence-electron chi connectivity index (χ0n) is 20.3. The van der Waals surface area contributed by atoms with Crippen LogP contribution < -0.4 is 21.2 Å². The summed E-state index contributed by atoms with van der Waals surface area (Å²) in [6.07, 6.45) is 0. The van der Waals surface area contributed by atoms with Crippen LogP contribution in [0.3, 0.4) is 0 Å².